The molecule has 1 aromatic carbocycles. The number of nitrogens with one attached hydrogen (secondary N) is 1. The first-order chi connectivity index (χ1) is 7.99. The fourth-order valence-corrected chi connectivity index (χ4v) is 1.10. The van der Waals surface area contributed by atoms with Crippen LogP contribution in [0.4, 0.5) is 4.39 Å². The first-order valence-electron chi connectivity index (χ1n) is 4.93. The number of halogens is 1. The second-order valence-corrected chi connectivity index (χ2v) is 3.48. The molecule has 0 bridgehead atoms. The molecule has 1 rings (SSSR count). The number of carboxylic acid groups (broad SMARTS) is 1. The van der Waals surface area contributed by atoms with E-state index < -0.39 is 11.9 Å². The SMILES string of the molecule is CC(=CC(=O)NCc1ccc(F)cc1)C(=O)O. The molecular weight excluding hydrogens is 225 g/mol. The Labute approximate surface area is 97.8 Å². The zero-order valence-corrected chi connectivity index (χ0v) is 9.24. The second kappa shape index (κ2) is 5.79. The zero-order chi connectivity index (χ0) is 12.8. The lowest BCUT2D eigenvalue weighted by Gasteiger charge is -2.02. The predicted molar refractivity (Wildman–Crippen MR) is 59.6 cm³/mol. The van der Waals surface area contributed by atoms with E-state index in [0.29, 0.717) is 0 Å². The molecule has 0 saturated carbocycles. The number of benzene rings is 1. The summed E-state index contributed by atoms with van der Waals surface area (Å²) in [4.78, 5) is 21.7. The van der Waals surface area contributed by atoms with Crippen LogP contribution >= 0.6 is 0 Å². The number of carbonyl (C=O) groups excluding carboxylic acids is 1. The van der Waals surface area contributed by atoms with E-state index in [9.17, 15) is 14.0 Å². The lowest BCUT2D eigenvalue weighted by molar-refractivity contribution is -0.133. The summed E-state index contributed by atoms with van der Waals surface area (Å²) in [5.41, 5.74) is 0.697. The standard InChI is InChI=1S/C12H12FNO3/c1-8(12(16)17)6-11(15)14-7-9-2-4-10(13)5-3-9/h2-6H,7H2,1H3,(H,14,15)(H,16,17). The minimum atomic E-state index is -1.14. The molecule has 0 radical (unpaired) electrons. The van der Waals surface area contributed by atoms with Gasteiger partial charge in [0.1, 0.15) is 5.82 Å². The van der Waals surface area contributed by atoms with Gasteiger partial charge in [-0.15, -0.1) is 0 Å². The number of rotatable bonds is 4. The third-order valence-corrected chi connectivity index (χ3v) is 2.06. The van der Waals surface area contributed by atoms with Crippen LogP contribution < -0.4 is 5.32 Å². The van der Waals surface area contributed by atoms with E-state index in [4.69, 9.17) is 5.11 Å². The van der Waals surface area contributed by atoms with Crippen LogP contribution in [0.25, 0.3) is 0 Å². The lowest BCUT2D eigenvalue weighted by Crippen LogP contribution is -2.21. The average molecular weight is 237 g/mol. The topological polar surface area (TPSA) is 66.4 Å². The summed E-state index contributed by atoms with van der Waals surface area (Å²) < 4.78 is 12.6. The highest BCUT2D eigenvalue weighted by Gasteiger charge is 2.03. The van der Waals surface area contributed by atoms with Gasteiger partial charge in [0, 0.05) is 18.2 Å². The van der Waals surface area contributed by atoms with E-state index in [1.54, 1.807) is 12.1 Å². The van der Waals surface area contributed by atoms with Gasteiger partial charge in [-0.2, -0.15) is 0 Å². The molecule has 2 N–H and O–H groups in total. The van der Waals surface area contributed by atoms with Crippen LogP contribution in [0.15, 0.2) is 35.9 Å². The maximum absolute atomic E-state index is 12.6. The van der Waals surface area contributed by atoms with Crippen LogP contribution in [0.2, 0.25) is 0 Å². The van der Waals surface area contributed by atoms with Gasteiger partial charge in [-0.3, -0.25) is 4.79 Å². The summed E-state index contributed by atoms with van der Waals surface area (Å²) in [7, 11) is 0. The van der Waals surface area contributed by atoms with Crippen molar-refractivity contribution >= 4 is 11.9 Å². The molecule has 0 aliphatic rings. The van der Waals surface area contributed by atoms with Gasteiger partial charge in [0.25, 0.3) is 0 Å². The summed E-state index contributed by atoms with van der Waals surface area (Å²) >= 11 is 0. The molecule has 0 heterocycles. The normalized spacial score (nSPS) is 11.1. The molecular formula is C12H12FNO3. The van der Waals surface area contributed by atoms with Crippen LogP contribution in [-0.2, 0) is 16.1 Å². The van der Waals surface area contributed by atoms with E-state index in [1.807, 2.05) is 0 Å². The van der Waals surface area contributed by atoms with Crippen molar-refractivity contribution in [3.63, 3.8) is 0 Å². The smallest absolute Gasteiger partial charge is 0.331 e. The van der Waals surface area contributed by atoms with Crippen LogP contribution in [-0.4, -0.2) is 17.0 Å². The number of hydrogen-bond acceptors (Lipinski definition) is 2. The summed E-state index contributed by atoms with van der Waals surface area (Å²) in [6.07, 6.45) is 1.01. The van der Waals surface area contributed by atoms with Crippen molar-refractivity contribution in [3.8, 4) is 0 Å². The summed E-state index contributed by atoms with van der Waals surface area (Å²) in [6, 6.07) is 5.67. The Kier molecular flexibility index (Phi) is 4.39. The molecule has 0 saturated heterocycles. The van der Waals surface area contributed by atoms with E-state index in [2.05, 4.69) is 5.32 Å². The van der Waals surface area contributed by atoms with Crippen molar-refractivity contribution in [3.05, 3.63) is 47.3 Å². The highest BCUT2D eigenvalue weighted by Crippen LogP contribution is 2.02. The van der Waals surface area contributed by atoms with Crippen LogP contribution in [0, 0.1) is 5.82 Å². The largest absolute Gasteiger partial charge is 0.478 e. The number of carboxylic acids is 1. The number of aliphatic carboxylic acids is 1. The summed E-state index contributed by atoms with van der Waals surface area (Å²) in [6.45, 7) is 1.56. The summed E-state index contributed by atoms with van der Waals surface area (Å²) in [5.74, 6) is -1.97. The highest BCUT2D eigenvalue weighted by molar-refractivity contribution is 5.97. The van der Waals surface area contributed by atoms with Crippen molar-refractivity contribution in [2.75, 3.05) is 0 Å². The number of amides is 1. The van der Waals surface area contributed by atoms with Crippen molar-refractivity contribution in [1.29, 1.82) is 0 Å². The third kappa shape index (κ3) is 4.46. The maximum Gasteiger partial charge on any atom is 0.331 e. The van der Waals surface area contributed by atoms with Gasteiger partial charge >= 0.3 is 5.97 Å². The Morgan fingerprint density at radius 3 is 2.47 bits per heavy atom. The first kappa shape index (κ1) is 12.9. The Hall–Kier alpha value is -2.17. The quantitative estimate of drug-likeness (QED) is 0.779. The van der Waals surface area contributed by atoms with E-state index in [-0.39, 0.29) is 17.9 Å². The zero-order valence-electron chi connectivity index (χ0n) is 9.24. The fraction of sp³-hybridized carbons (Fsp3) is 0.167. The van der Waals surface area contributed by atoms with Crippen molar-refractivity contribution < 1.29 is 19.1 Å². The Morgan fingerprint density at radius 1 is 1.35 bits per heavy atom. The molecule has 1 amide bonds. The molecule has 0 fully saturated rings. The van der Waals surface area contributed by atoms with Gasteiger partial charge in [0.2, 0.25) is 5.91 Å². The molecule has 4 nitrogen and oxygen atoms in total. The minimum Gasteiger partial charge on any atom is -0.478 e. The molecule has 17 heavy (non-hydrogen) atoms. The first-order valence-corrected chi connectivity index (χ1v) is 4.93. The van der Waals surface area contributed by atoms with Gasteiger partial charge in [0.05, 0.1) is 0 Å². The second-order valence-electron chi connectivity index (χ2n) is 3.48. The van der Waals surface area contributed by atoms with Gasteiger partial charge in [-0.1, -0.05) is 12.1 Å². The fourth-order valence-electron chi connectivity index (χ4n) is 1.10. The van der Waals surface area contributed by atoms with Crippen molar-refractivity contribution in [1.82, 2.24) is 5.32 Å². The minimum absolute atomic E-state index is 0.0402. The predicted octanol–water partition coefficient (Wildman–Crippen LogP) is 1.47. The lowest BCUT2D eigenvalue weighted by atomic mass is 10.2. The molecule has 0 aromatic heterocycles. The molecule has 0 aliphatic carbocycles. The molecule has 0 atom stereocenters. The maximum atomic E-state index is 12.6. The van der Waals surface area contributed by atoms with Gasteiger partial charge in [0.15, 0.2) is 0 Å². The molecule has 90 valence electrons. The highest BCUT2D eigenvalue weighted by atomic mass is 19.1. The van der Waals surface area contributed by atoms with Gasteiger partial charge in [-0.05, 0) is 24.6 Å². The van der Waals surface area contributed by atoms with E-state index in [0.717, 1.165) is 11.6 Å². The molecule has 0 unspecified atom stereocenters. The summed E-state index contributed by atoms with van der Waals surface area (Å²) in [5, 5.41) is 11.1. The Morgan fingerprint density at radius 2 is 1.94 bits per heavy atom. The average Bonchev–Trinajstić information content (AvgIpc) is 2.28. The van der Waals surface area contributed by atoms with Gasteiger partial charge in [-0.25, -0.2) is 9.18 Å². The third-order valence-electron chi connectivity index (χ3n) is 2.06. The van der Waals surface area contributed by atoms with E-state index >= 15 is 0 Å². The van der Waals surface area contributed by atoms with Crippen molar-refractivity contribution in [2.24, 2.45) is 0 Å². The monoisotopic (exact) mass is 237 g/mol. The van der Waals surface area contributed by atoms with E-state index in [1.165, 1.54) is 19.1 Å². The van der Waals surface area contributed by atoms with Crippen LogP contribution in [0.3, 0.4) is 0 Å². The van der Waals surface area contributed by atoms with Gasteiger partial charge < -0.3 is 10.4 Å². The molecule has 0 aliphatic heterocycles. The molecule has 5 heteroatoms. The van der Waals surface area contributed by atoms with Crippen LogP contribution in [0.5, 0.6) is 0 Å². The molecule has 1 aromatic rings. The number of hydrogen-bond donors (Lipinski definition) is 2. The van der Waals surface area contributed by atoms with Crippen LogP contribution in [0.1, 0.15) is 12.5 Å². The molecule has 0 spiro atoms. The Bertz CT molecular complexity index is 451. The van der Waals surface area contributed by atoms with Crippen molar-refractivity contribution in [2.45, 2.75) is 13.5 Å². The Balaban J connectivity index is 2.51. The number of carbonyl (C=O) groups is 2.